The van der Waals surface area contributed by atoms with Crippen LogP contribution in [0, 0.1) is 5.92 Å². The molecule has 1 unspecified atom stereocenters. The molecule has 0 aliphatic heterocycles. The molecule has 0 radical (unpaired) electrons. The lowest BCUT2D eigenvalue weighted by atomic mass is 10.0. The highest BCUT2D eigenvalue weighted by atomic mass is 32.2. The molecule has 21 heavy (non-hydrogen) atoms. The van der Waals surface area contributed by atoms with Crippen LogP contribution in [-0.4, -0.2) is 26.1 Å². The number of hydrogen-bond donors (Lipinski definition) is 2. The highest BCUT2D eigenvalue weighted by molar-refractivity contribution is 7.91. The van der Waals surface area contributed by atoms with Gasteiger partial charge in [-0.1, -0.05) is 13.8 Å². The highest BCUT2D eigenvalue weighted by Crippen LogP contribution is 2.20. The van der Waals surface area contributed by atoms with Gasteiger partial charge in [-0.15, -0.1) is 0 Å². The lowest BCUT2D eigenvalue weighted by Gasteiger charge is -2.14. The molecule has 0 spiro atoms. The van der Waals surface area contributed by atoms with Crippen LogP contribution in [0.1, 0.15) is 20.3 Å². The minimum Gasteiger partial charge on any atom is -0.325 e. The van der Waals surface area contributed by atoms with Crippen LogP contribution in [0.25, 0.3) is 0 Å². The van der Waals surface area contributed by atoms with Crippen LogP contribution in [0.4, 0.5) is 14.5 Å². The molecule has 1 aromatic rings. The fourth-order valence-corrected chi connectivity index (χ4v) is 2.40. The molecule has 0 saturated heterocycles. The zero-order chi connectivity index (χ0) is 16.2. The van der Waals surface area contributed by atoms with Crippen molar-refractivity contribution >= 4 is 21.4 Å². The first-order valence-electron chi connectivity index (χ1n) is 6.33. The Bertz CT molecular complexity index is 586. The highest BCUT2D eigenvalue weighted by Gasteiger charge is 2.26. The van der Waals surface area contributed by atoms with Crippen molar-refractivity contribution in [3.8, 4) is 0 Å². The summed E-state index contributed by atoms with van der Waals surface area (Å²) in [4.78, 5) is 11.3. The van der Waals surface area contributed by atoms with E-state index in [4.69, 9.17) is 5.73 Å². The molecule has 5 nitrogen and oxygen atoms in total. The lowest BCUT2D eigenvalue weighted by Crippen LogP contribution is -2.36. The van der Waals surface area contributed by atoms with Gasteiger partial charge in [0.15, 0.2) is 0 Å². The van der Waals surface area contributed by atoms with Crippen LogP contribution in [0.5, 0.6) is 0 Å². The molecule has 1 atom stereocenters. The minimum atomic E-state index is -4.63. The number of sulfone groups is 1. The Labute approximate surface area is 122 Å². The first-order valence-corrected chi connectivity index (χ1v) is 7.87. The zero-order valence-corrected chi connectivity index (χ0v) is 12.5. The number of carbonyl (C=O) groups excluding carboxylic acids is 1. The first-order chi connectivity index (χ1) is 9.64. The van der Waals surface area contributed by atoms with Crippen LogP contribution in [-0.2, 0) is 14.6 Å². The molecule has 1 aromatic carbocycles. The molecule has 0 aromatic heterocycles. The predicted molar refractivity (Wildman–Crippen MR) is 75.7 cm³/mol. The van der Waals surface area contributed by atoms with Crippen LogP contribution >= 0.6 is 0 Å². The number of carbonyl (C=O) groups is 1. The van der Waals surface area contributed by atoms with E-state index in [2.05, 4.69) is 5.32 Å². The van der Waals surface area contributed by atoms with Gasteiger partial charge in [0, 0.05) is 5.69 Å². The Morgan fingerprint density at radius 3 is 2.19 bits per heavy atom. The van der Waals surface area contributed by atoms with Gasteiger partial charge in [-0.25, -0.2) is 8.42 Å². The van der Waals surface area contributed by atoms with Crippen molar-refractivity contribution in [3.63, 3.8) is 0 Å². The molecule has 0 saturated carbocycles. The molecule has 1 rings (SSSR count). The van der Waals surface area contributed by atoms with Crippen molar-refractivity contribution in [3.05, 3.63) is 24.3 Å². The van der Waals surface area contributed by atoms with Crippen molar-refractivity contribution < 1.29 is 22.0 Å². The lowest BCUT2D eigenvalue weighted by molar-refractivity contribution is -0.117. The number of nitrogens with one attached hydrogen (secondary N) is 1. The van der Waals surface area contributed by atoms with E-state index in [-0.39, 0.29) is 5.92 Å². The summed E-state index contributed by atoms with van der Waals surface area (Å²) in [6.07, 6.45) is 0.504. The first kappa shape index (κ1) is 17.5. The molecule has 118 valence electrons. The van der Waals surface area contributed by atoms with Crippen molar-refractivity contribution in [2.75, 3.05) is 5.32 Å². The van der Waals surface area contributed by atoms with Crippen LogP contribution in [0.3, 0.4) is 0 Å². The third-order valence-corrected chi connectivity index (χ3v) is 4.15. The molecule has 0 aliphatic rings. The number of rotatable bonds is 6. The van der Waals surface area contributed by atoms with Gasteiger partial charge >= 0.3 is 5.76 Å². The van der Waals surface area contributed by atoms with E-state index in [0.717, 1.165) is 12.1 Å². The van der Waals surface area contributed by atoms with E-state index < -0.39 is 32.4 Å². The summed E-state index contributed by atoms with van der Waals surface area (Å²) in [5.74, 6) is -3.63. The molecule has 3 N–H and O–H groups in total. The number of hydrogen-bond acceptors (Lipinski definition) is 4. The van der Waals surface area contributed by atoms with Gasteiger partial charge < -0.3 is 11.1 Å². The smallest absolute Gasteiger partial charge is 0.325 e. The quantitative estimate of drug-likeness (QED) is 0.839. The number of benzene rings is 1. The molecule has 8 heteroatoms. The Balaban J connectivity index is 2.78. The van der Waals surface area contributed by atoms with Gasteiger partial charge in [0.25, 0.3) is 0 Å². The molecular formula is C13H18F2N2O3S. The van der Waals surface area contributed by atoms with Gasteiger partial charge in [0.1, 0.15) is 0 Å². The van der Waals surface area contributed by atoms with Crippen LogP contribution in [0.15, 0.2) is 29.2 Å². The average Bonchev–Trinajstić information content (AvgIpc) is 2.38. The molecule has 0 heterocycles. The topological polar surface area (TPSA) is 89.3 Å². The van der Waals surface area contributed by atoms with Gasteiger partial charge in [0.2, 0.25) is 15.7 Å². The maximum atomic E-state index is 12.4. The third kappa shape index (κ3) is 4.75. The molecule has 1 amide bonds. The molecule has 0 fully saturated rings. The normalized spacial score (nSPS) is 13.5. The van der Waals surface area contributed by atoms with Gasteiger partial charge in [-0.05, 0) is 36.6 Å². The summed E-state index contributed by atoms with van der Waals surface area (Å²) in [7, 11) is -4.63. The Kier molecular flexibility index (Phi) is 5.79. The van der Waals surface area contributed by atoms with Gasteiger partial charge in [0.05, 0.1) is 10.9 Å². The fourth-order valence-electron chi connectivity index (χ4n) is 1.68. The van der Waals surface area contributed by atoms with Gasteiger partial charge in [-0.3, -0.25) is 4.79 Å². The SMILES string of the molecule is CC(C)CC(N)C(=O)Nc1ccc(S(=O)(=O)C(F)F)cc1. The second-order valence-electron chi connectivity index (χ2n) is 5.06. The summed E-state index contributed by atoms with van der Waals surface area (Å²) in [6.45, 7) is 3.86. The molecular weight excluding hydrogens is 302 g/mol. The standard InChI is InChI=1S/C13H18F2N2O3S/c1-8(2)7-11(16)12(18)17-9-3-5-10(6-4-9)21(19,20)13(14)15/h3-6,8,11,13H,7,16H2,1-2H3,(H,17,18). The van der Waals surface area contributed by atoms with E-state index in [1.165, 1.54) is 12.1 Å². The second kappa shape index (κ2) is 6.95. The van der Waals surface area contributed by atoms with Crippen molar-refractivity contribution in [2.24, 2.45) is 11.7 Å². The van der Waals surface area contributed by atoms with Crippen molar-refractivity contribution in [1.82, 2.24) is 0 Å². The van der Waals surface area contributed by atoms with E-state index in [9.17, 15) is 22.0 Å². The Hall–Kier alpha value is -1.54. The minimum absolute atomic E-state index is 0.254. The molecule has 0 aliphatic carbocycles. The summed E-state index contributed by atoms with van der Waals surface area (Å²) in [6, 6.07) is 3.84. The maximum Gasteiger partial charge on any atom is 0.341 e. The van der Waals surface area contributed by atoms with E-state index in [1.807, 2.05) is 13.8 Å². The number of halogens is 2. The molecule has 0 bridgehead atoms. The second-order valence-corrected chi connectivity index (χ2v) is 6.97. The summed E-state index contributed by atoms with van der Waals surface area (Å²) in [5.41, 5.74) is 6.00. The summed E-state index contributed by atoms with van der Waals surface area (Å²) >= 11 is 0. The monoisotopic (exact) mass is 320 g/mol. The number of nitrogens with two attached hydrogens (primary N) is 1. The maximum absolute atomic E-state index is 12.4. The zero-order valence-electron chi connectivity index (χ0n) is 11.7. The van der Waals surface area contributed by atoms with Gasteiger partial charge in [-0.2, -0.15) is 8.78 Å². The summed E-state index contributed by atoms with van der Waals surface area (Å²) < 4.78 is 47.2. The van der Waals surface area contributed by atoms with E-state index >= 15 is 0 Å². The summed E-state index contributed by atoms with van der Waals surface area (Å²) in [5, 5.41) is 2.51. The average molecular weight is 320 g/mol. The van der Waals surface area contributed by atoms with Crippen LogP contribution < -0.4 is 11.1 Å². The number of anilines is 1. The number of alkyl halides is 2. The van der Waals surface area contributed by atoms with E-state index in [0.29, 0.717) is 12.1 Å². The fraction of sp³-hybridized carbons (Fsp3) is 0.462. The third-order valence-electron chi connectivity index (χ3n) is 2.75. The number of amides is 1. The Morgan fingerprint density at radius 1 is 1.24 bits per heavy atom. The van der Waals surface area contributed by atoms with Crippen molar-refractivity contribution in [1.29, 1.82) is 0 Å². The largest absolute Gasteiger partial charge is 0.341 e. The van der Waals surface area contributed by atoms with Crippen LogP contribution in [0.2, 0.25) is 0 Å². The van der Waals surface area contributed by atoms with E-state index in [1.54, 1.807) is 0 Å². The Morgan fingerprint density at radius 2 is 1.76 bits per heavy atom. The van der Waals surface area contributed by atoms with Crippen molar-refractivity contribution in [2.45, 2.75) is 37.0 Å². The predicted octanol–water partition coefficient (Wildman–Crippen LogP) is 1.99.